The predicted octanol–water partition coefficient (Wildman–Crippen LogP) is 2.95. The topological polar surface area (TPSA) is 75.7 Å². The largest absolute Gasteiger partial charge is 0.377 e. The van der Waals surface area contributed by atoms with Gasteiger partial charge in [0.2, 0.25) is 10.0 Å². The third-order valence-corrected chi connectivity index (χ3v) is 6.31. The number of ether oxygens (including phenoxy) is 1. The van der Waals surface area contributed by atoms with E-state index in [1.807, 2.05) is 6.92 Å². The van der Waals surface area contributed by atoms with Gasteiger partial charge in [0.15, 0.2) is 0 Å². The Bertz CT molecular complexity index is 941. The lowest BCUT2D eigenvalue weighted by atomic mass is 10.1. The summed E-state index contributed by atoms with van der Waals surface area (Å²) in [5.41, 5.74) is 1.07. The van der Waals surface area contributed by atoms with Gasteiger partial charge < -0.3 is 9.64 Å². The second-order valence-electron chi connectivity index (χ2n) is 6.96. The van der Waals surface area contributed by atoms with Crippen LogP contribution < -0.4 is 4.72 Å². The Kier molecular flexibility index (Phi) is 7.00. The van der Waals surface area contributed by atoms with Gasteiger partial charge in [-0.1, -0.05) is 12.1 Å². The Morgan fingerprint density at radius 1 is 1.24 bits per heavy atom. The highest BCUT2D eigenvalue weighted by atomic mass is 32.2. The van der Waals surface area contributed by atoms with Crippen LogP contribution in [0, 0.1) is 5.82 Å². The molecule has 1 atom stereocenters. The maximum Gasteiger partial charge on any atom is 0.254 e. The molecule has 1 unspecified atom stereocenters. The zero-order chi connectivity index (χ0) is 20.9. The SMILES string of the molecule is CCN(Cc1cccc(F)c1)C(=O)c1ccc(S(=O)(=O)NCC2CCCO2)cc1. The molecule has 29 heavy (non-hydrogen) atoms. The molecule has 6 nitrogen and oxygen atoms in total. The van der Waals surface area contributed by atoms with E-state index >= 15 is 0 Å². The van der Waals surface area contributed by atoms with Gasteiger partial charge in [0.1, 0.15) is 5.82 Å². The van der Waals surface area contributed by atoms with E-state index in [1.54, 1.807) is 17.0 Å². The molecule has 2 aromatic carbocycles. The van der Waals surface area contributed by atoms with Gasteiger partial charge in [0, 0.05) is 31.8 Å². The second kappa shape index (κ2) is 9.47. The first-order chi connectivity index (χ1) is 13.9. The van der Waals surface area contributed by atoms with E-state index in [0.29, 0.717) is 24.3 Å². The molecule has 1 heterocycles. The summed E-state index contributed by atoms with van der Waals surface area (Å²) < 4.78 is 46.2. The molecular weight excluding hydrogens is 395 g/mol. The van der Waals surface area contributed by atoms with Gasteiger partial charge >= 0.3 is 0 Å². The fourth-order valence-electron chi connectivity index (χ4n) is 3.23. The van der Waals surface area contributed by atoms with Crippen LogP contribution in [0.15, 0.2) is 53.4 Å². The van der Waals surface area contributed by atoms with Gasteiger partial charge in [-0.25, -0.2) is 17.5 Å². The van der Waals surface area contributed by atoms with Gasteiger partial charge in [-0.15, -0.1) is 0 Å². The Hall–Kier alpha value is -2.29. The fraction of sp³-hybridized carbons (Fsp3) is 0.381. The van der Waals surface area contributed by atoms with Crippen molar-refractivity contribution < 1.29 is 22.3 Å². The summed E-state index contributed by atoms with van der Waals surface area (Å²) in [5.74, 6) is -0.593. The van der Waals surface area contributed by atoms with Crippen molar-refractivity contribution in [3.63, 3.8) is 0 Å². The van der Waals surface area contributed by atoms with E-state index in [-0.39, 0.29) is 35.8 Å². The summed E-state index contributed by atoms with van der Waals surface area (Å²) in [6, 6.07) is 11.9. The van der Waals surface area contributed by atoms with E-state index in [9.17, 15) is 17.6 Å². The maximum absolute atomic E-state index is 13.4. The van der Waals surface area contributed by atoms with Crippen molar-refractivity contribution in [2.45, 2.75) is 37.3 Å². The minimum Gasteiger partial charge on any atom is -0.377 e. The fourth-order valence-corrected chi connectivity index (χ4v) is 4.30. The third kappa shape index (κ3) is 5.62. The number of nitrogens with zero attached hydrogens (tertiary/aromatic N) is 1. The summed E-state index contributed by atoms with van der Waals surface area (Å²) in [6.07, 6.45) is 1.69. The molecule has 3 rings (SSSR count). The van der Waals surface area contributed by atoms with Crippen molar-refractivity contribution in [1.82, 2.24) is 9.62 Å². The lowest BCUT2D eigenvalue weighted by molar-refractivity contribution is 0.0752. The lowest BCUT2D eigenvalue weighted by Crippen LogP contribution is -2.32. The Labute approximate surface area is 170 Å². The number of halogens is 1. The summed E-state index contributed by atoms with van der Waals surface area (Å²) in [7, 11) is -3.67. The quantitative estimate of drug-likeness (QED) is 0.713. The summed E-state index contributed by atoms with van der Waals surface area (Å²) in [5, 5.41) is 0. The Morgan fingerprint density at radius 3 is 2.62 bits per heavy atom. The minimum atomic E-state index is -3.67. The molecule has 0 bridgehead atoms. The highest BCUT2D eigenvalue weighted by molar-refractivity contribution is 7.89. The van der Waals surface area contributed by atoms with Crippen molar-refractivity contribution in [2.75, 3.05) is 19.7 Å². The van der Waals surface area contributed by atoms with Crippen molar-refractivity contribution >= 4 is 15.9 Å². The second-order valence-corrected chi connectivity index (χ2v) is 8.73. The summed E-state index contributed by atoms with van der Waals surface area (Å²) in [4.78, 5) is 14.5. The smallest absolute Gasteiger partial charge is 0.254 e. The number of amides is 1. The van der Waals surface area contributed by atoms with Crippen LogP contribution in [0.25, 0.3) is 0 Å². The van der Waals surface area contributed by atoms with Crippen LogP contribution >= 0.6 is 0 Å². The van der Waals surface area contributed by atoms with Crippen molar-refractivity contribution in [3.8, 4) is 0 Å². The molecule has 156 valence electrons. The predicted molar refractivity (Wildman–Crippen MR) is 107 cm³/mol. The van der Waals surface area contributed by atoms with Crippen LogP contribution in [0.2, 0.25) is 0 Å². The standard InChI is InChI=1S/C21H25FN2O4S/c1-2-24(15-16-5-3-6-18(22)13-16)21(25)17-8-10-20(11-9-17)29(26,27)23-14-19-7-4-12-28-19/h3,5-6,8-11,13,19,23H,2,4,7,12,14-15H2,1H3. The molecule has 0 aliphatic carbocycles. The van der Waals surface area contributed by atoms with Crippen molar-refractivity contribution in [3.05, 3.63) is 65.5 Å². The van der Waals surface area contributed by atoms with Gasteiger partial charge in [-0.3, -0.25) is 4.79 Å². The molecular formula is C21H25FN2O4S. The average Bonchev–Trinajstić information content (AvgIpc) is 3.24. The van der Waals surface area contributed by atoms with Crippen LogP contribution in [-0.2, 0) is 21.3 Å². The first-order valence-corrected chi connectivity index (χ1v) is 11.1. The molecule has 0 aromatic heterocycles. The third-order valence-electron chi connectivity index (χ3n) is 4.87. The normalized spacial score (nSPS) is 16.7. The van der Waals surface area contributed by atoms with Crippen LogP contribution in [0.1, 0.15) is 35.7 Å². The average molecular weight is 421 g/mol. The number of carbonyl (C=O) groups excluding carboxylic acids is 1. The first kappa shape index (κ1) is 21.4. The molecule has 2 aromatic rings. The molecule has 0 spiro atoms. The lowest BCUT2D eigenvalue weighted by Gasteiger charge is -2.21. The maximum atomic E-state index is 13.4. The Morgan fingerprint density at radius 2 is 2.00 bits per heavy atom. The summed E-state index contributed by atoms with van der Waals surface area (Å²) in [6.45, 7) is 3.45. The van der Waals surface area contributed by atoms with Crippen LogP contribution in [0.5, 0.6) is 0 Å². The van der Waals surface area contributed by atoms with E-state index in [1.165, 1.54) is 36.4 Å². The van der Waals surface area contributed by atoms with E-state index in [0.717, 1.165) is 12.8 Å². The number of benzene rings is 2. The van der Waals surface area contributed by atoms with E-state index < -0.39 is 10.0 Å². The number of hydrogen-bond acceptors (Lipinski definition) is 4. The summed E-state index contributed by atoms with van der Waals surface area (Å²) >= 11 is 0. The van der Waals surface area contributed by atoms with Gasteiger partial charge in [-0.2, -0.15) is 0 Å². The van der Waals surface area contributed by atoms with Gasteiger partial charge in [0.25, 0.3) is 5.91 Å². The molecule has 0 radical (unpaired) electrons. The minimum absolute atomic E-state index is 0.0911. The molecule has 8 heteroatoms. The molecule has 1 aliphatic heterocycles. The highest BCUT2D eigenvalue weighted by Gasteiger charge is 2.21. The Balaban J connectivity index is 1.66. The number of rotatable bonds is 8. The van der Waals surface area contributed by atoms with Gasteiger partial charge in [0.05, 0.1) is 11.0 Å². The number of nitrogens with one attached hydrogen (secondary N) is 1. The van der Waals surface area contributed by atoms with Crippen LogP contribution in [-0.4, -0.2) is 45.0 Å². The highest BCUT2D eigenvalue weighted by Crippen LogP contribution is 2.16. The van der Waals surface area contributed by atoms with Gasteiger partial charge in [-0.05, 0) is 61.7 Å². The molecule has 1 saturated heterocycles. The van der Waals surface area contributed by atoms with E-state index in [4.69, 9.17) is 4.74 Å². The molecule has 1 amide bonds. The van der Waals surface area contributed by atoms with Crippen LogP contribution in [0.3, 0.4) is 0 Å². The monoisotopic (exact) mass is 420 g/mol. The number of hydrogen-bond donors (Lipinski definition) is 1. The van der Waals surface area contributed by atoms with Crippen molar-refractivity contribution in [1.29, 1.82) is 0 Å². The van der Waals surface area contributed by atoms with Crippen LogP contribution in [0.4, 0.5) is 4.39 Å². The number of carbonyl (C=O) groups is 1. The van der Waals surface area contributed by atoms with E-state index in [2.05, 4.69) is 4.72 Å². The molecule has 1 aliphatic rings. The first-order valence-electron chi connectivity index (χ1n) is 9.64. The molecule has 1 fully saturated rings. The zero-order valence-electron chi connectivity index (χ0n) is 16.3. The number of sulfonamides is 1. The zero-order valence-corrected chi connectivity index (χ0v) is 17.1. The molecule has 1 N–H and O–H groups in total. The molecule has 0 saturated carbocycles. The van der Waals surface area contributed by atoms with Crippen molar-refractivity contribution in [2.24, 2.45) is 0 Å².